The molecule has 33 heavy (non-hydrogen) atoms. The summed E-state index contributed by atoms with van der Waals surface area (Å²) in [5.74, 6) is -2.24. The maximum atomic E-state index is 13.1. The van der Waals surface area contributed by atoms with Crippen molar-refractivity contribution in [2.45, 2.75) is 4.90 Å². The molecule has 3 rings (SSSR count). The molecule has 3 aromatic carbocycles. The number of nitro groups is 1. The number of carbonyl (C=O) groups excluding carboxylic acids is 2. The highest BCUT2D eigenvalue weighted by atomic mass is 32.2. The molecule has 0 radical (unpaired) electrons. The standard InChI is InChI=1S/C21H15FN2O8S/c22-15-3-1-4-16(11-15)23-20(25)13-31-21(26)14-7-9-18(10-8-14)32-33(29,30)19-6-2-5-17(12-19)24(27)28/h1-12H,13H2,(H,23,25). The summed E-state index contributed by atoms with van der Waals surface area (Å²) in [6.45, 7) is -0.630. The molecule has 0 aromatic heterocycles. The largest absolute Gasteiger partial charge is 0.452 e. The normalized spacial score (nSPS) is 10.8. The molecule has 0 spiro atoms. The Balaban J connectivity index is 1.59. The van der Waals surface area contributed by atoms with Gasteiger partial charge in [-0.25, -0.2) is 9.18 Å². The van der Waals surface area contributed by atoms with E-state index in [9.17, 15) is 32.5 Å². The molecule has 0 fully saturated rings. The van der Waals surface area contributed by atoms with Gasteiger partial charge in [-0.15, -0.1) is 0 Å². The fourth-order valence-corrected chi connectivity index (χ4v) is 3.52. The van der Waals surface area contributed by atoms with Gasteiger partial charge in [-0.3, -0.25) is 14.9 Å². The summed E-state index contributed by atoms with van der Waals surface area (Å²) < 4.78 is 47.6. The van der Waals surface area contributed by atoms with Gasteiger partial charge in [0.25, 0.3) is 11.6 Å². The second-order valence-electron chi connectivity index (χ2n) is 6.45. The van der Waals surface area contributed by atoms with Crippen LogP contribution < -0.4 is 9.50 Å². The maximum absolute atomic E-state index is 13.1. The Morgan fingerprint density at radius 1 is 1.00 bits per heavy atom. The van der Waals surface area contributed by atoms with E-state index in [0.717, 1.165) is 24.3 Å². The minimum Gasteiger partial charge on any atom is -0.452 e. The van der Waals surface area contributed by atoms with Crippen molar-refractivity contribution in [1.29, 1.82) is 0 Å². The monoisotopic (exact) mass is 474 g/mol. The lowest BCUT2D eigenvalue weighted by atomic mass is 10.2. The summed E-state index contributed by atoms with van der Waals surface area (Å²) in [6, 6.07) is 14.3. The highest BCUT2D eigenvalue weighted by molar-refractivity contribution is 7.87. The Hall–Kier alpha value is -4.32. The SMILES string of the molecule is O=C(COC(=O)c1ccc(OS(=O)(=O)c2cccc([N+](=O)[O-])c2)cc1)Nc1cccc(F)c1. The lowest BCUT2D eigenvalue weighted by molar-refractivity contribution is -0.385. The van der Waals surface area contributed by atoms with E-state index in [0.29, 0.717) is 0 Å². The fraction of sp³-hybridized carbons (Fsp3) is 0.0476. The minimum absolute atomic E-state index is 0.00801. The van der Waals surface area contributed by atoms with E-state index in [4.69, 9.17) is 8.92 Å². The highest BCUT2D eigenvalue weighted by Crippen LogP contribution is 2.22. The minimum atomic E-state index is -4.36. The van der Waals surface area contributed by atoms with Crippen LogP contribution in [-0.4, -0.2) is 31.8 Å². The first-order chi connectivity index (χ1) is 15.6. The number of non-ortho nitro benzene ring substituents is 1. The Bertz CT molecular complexity index is 1310. The number of halogens is 1. The number of amides is 1. The summed E-state index contributed by atoms with van der Waals surface area (Å²) in [4.78, 5) is 33.6. The van der Waals surface area contributed by atoms with Crippen LogP contribution in [0.25, 0.3) is 0 Å². The number of hydrogen-bond donors (Lipinski definition) is 1. The van der Waals surface area contributed by atoms with Crippen LogP contribution in [0, 0.1) is 15.9 Å². The van der Waals surface area contributed by atoms with Gasteiger partial charge in [0.05, 0.1) is 10.5 Å². The summed E-state index contributed by atoms with van der Waals surface area (Å²) in [5, 5.41) is 13.2. The van der Waals surface area contributed by atoms with Crippen LogP contribution in [0.3, 0.4) is 0 Å². The summed E-state index contributed by atoms with van der Waals surface area (Å²) in [5.41, 5.74) is -0.213. The summed E-state index contributed by atoms with van der Waals surface area (Å²) in [7, 11) is -4.36. The molecule has 0 unspecified atom stereocenters. The van der Waals surface area contributed by atoms with Crippen molar-refractivity contribution in [2.75, 3.05) is 11.9 Å². The molecule has 1 N–H and O–H groups in total. The van der Waals surface area contributed by atoms with Crippen LogP contribution in [-0.2, 0) is 19.6 Å². The van der Waals surface area contributed by atoms with E-state index in [1.165, 1.54) is 48.5 Å². The average molecular weight is 474 g/mol. The van der Waals surface area contributed by atoms with Crippen LogP contribution in [0.5, 0.6) is 5.75 Å². The molecule has 0 heterocycles. The third-order valence-corrected chi connectivity index (χ3v) is 5.30. The van der Waals surface area contributed by atoms with Crippen LogP contribution in [0.15, 0.2) is 77.7 Å². The average Bonchev–Trinajstić information content (AvgIpc) is 2.78. The number of nitrogens with one attached hydrogen (secondary N) is 1. The number of esters is 1. The molecule has 0 aliphatic rings. The first kappa shape index (κ1) is 23.3. The zero-order chi connectivity index (χ0) is 24.0. The molecule has 0 aliphatic carbocycles. The van der Waals surface area contributed by atoms with Crippen molar-refractivity contribution >= 4 is 33.4 Å². The number of nitrogens with zero attached hydrogens (tertiary/aromatic N) is 1. The number of nitro benzene ring substituents is 1. The Labute approximate surface area is 186 Å². The Kier molecular flexibility index (Phi) is 6.98. The molecule has 0 atom stereocenters. The second kappa shape index (κ2) is 9.87. The number of anilines is 1. The van der Waals surface area contributed by atoms with Crippen LogP contribution in [0.1, 0.15) is 10.4 Å². The van der Waals surface area contributed by atoms with Gasteiger partial charge in [-0.05, 0) is 48.5 Å². The molecule has 0 bridgehead atoms. The quantitative estimate of drug-likeness (QED) is 0.227. The summed E-state index contributed by atoms with van der Waals surface area (Å²) in [6.07, 6.45) is 0. The van der Waals surface area contributed by atoms with E-state index in [-0.39, 0.29) is 17.0 Å². The molecule has 0 saturated heterocycles. The molecule has 170 valence electrons. The molecule has 1 amide bonds. The Morgan fingerprint density at radius 3 is 2.36 bits per heavy atom. The van der Waals surface area contributed by atoms with Gasteiger partial charge >= 0.3 is 16.1 Å². The van der Waals surface area contributed by atoms with E-state index in [1.807, 2.05) is 0 Å². The molecular formula is C21H15FN2O8S. The zero-order valence-corrected chi connectivity index (χ0v) is 17.5. The van der Waals surface area contributed by atoms with Crippen LogP contribution in [0.4, 0.5) is 15.8 Å². The van der Waals surface area contributed by atoms with Crippen molar-refractivity contribution in [2.24, 2.45) is 0 Å². The summed E-state index contributed by atoms with van der Waals surface area (Å²) >= 11 is 0. The molecule has 0 aliphatic heterocycles. The van der Waals surface area contributed by atoms with E-state index in [2.05, 4.69) is 5.32 Å². The molecule has 12 heteroatoms. The third-order valence-electron chi connectivity index (χ3n) is 4.06. The van der Waals surface area contributed by atoms with Crippen molar-refractivity contribution in [1.82, 2.24) is 0 Å². The highest BCUT2D eigenvalue weighted by Gasteiger charge is 2.20. The maximum Gasteiger partial charge on any atom is 0.339 e. The predicted octanol–water partition coefficient (Wildman–Crippen LogP) is 3.30. The van der Waals surface area contributed by atoms with Crippen molar-refractivity contribution in [3.8, 4) is 5.75 Å². The predicted molar refractivity (Wildman–Crippen MR) is 113 cm³/mol. The molecule has 10 nitrogen and oxygen atoms in total. The van der Waals surface area contributed by atoms with Gasteiger partial charge in [-0.1, -0.05) is 12.1 Å². The number of hydrogen-bond acceptors (Lipinski definition) is 8. The fourth-order valence-electron chi connectivity index (χ4n) is 2.55. The number of ether oxygens (including phenoxy) is 1. The van der Waals surface area contributed by atoms with Crippen molar-refractivity contribution < 1.29 is 36.2 Å². The smallest absolute Gasteiger partial charge is 0.339 e. The van der Waals surface area contributed by atoms with E-state index < -0.39 is 49.9 Å². The molecule has 3 aromatic rings. The number of carbonyl (C=O) groups is 2. The van der Waals surface area contributed by atoms with Gasteiger partial charge in [0, 0.05) is 17.8 Å². The van der Waals surface area contributed by atoms with Crippen LogP contribution in [0.2, 0.25) is 0 Å². The van der Waals surface area contributed by atoms with Gasteiger partial charge in [-0.2, -0.15) is 8.42 Å². The first-order valence-electron chi connectivity index (χ1n) is 9.15. The molecule has 0 saturated carbocycles. The van der Waals surface area contributed by atoms with E-state index >= 15 is 0 Å². The van der Waals surface area contributed by atoms with E-state index in [1.54, 1.807) is 0 Å². The first-order valence-corrected chi connectivity index (χ1v) is 10.6. The number of rotatable bonds is 8. The van der Waals surface area contributed by atoms with Crippen LogP contribution >= 0.6 is 0 Å². The zero-order valence-electron chi connectivity index (χ0n) is 16.6. The third kappa shape index (κ3) is 6.33. The topological polar surface area (TPSA) is 142 Å². The van der Waals surface area contributed by atoms with Gasteiger partial charge in [0.1, 0.15) is 16.5 Å². The Morgan fingerprint density at radius 2 is 1.70 bits per heavy atom. The second-order valence-corrected chi connectivity index (χ2v) is 8.00. The van der Waals surface area contributed by atoms with Crippen molar-refractivity contribution in [3.63, 3.8) is 0 Å². The van der Waals surface area contributed by atoms with Gasteiger partial charge < -0.3 is 14.2 Å². The molecular weight excluding hydrogens is 459 g/mol. The van der Waals surface area contributed by atoms with Gasteiger partial charge in [0.15, 0.2) is 6.61 Å². The lowest BCUT2D eigenvalue weighted by Gasteiger charge is -2.09. The number of benzene rings is 3. The van der Waals surface area contributed by atoms with Gasteiger partial charge in [0.2, 0.25) is 0 Å². The van der Waals surface area contributed by atoms with Crippen molar-refractivity contribution in [3.05, 3.63) is 94.3 Å². The lowest BCUT2D eigenvalue weighted by Crippen LogP contribution is -2.21.